The Balaban J connectivity index is 1.90. The van der Waals surface area contributed by atoms with Crippen molar-refractivity contribution in [3.8, 4) is 5.75 Å². The number of ether oxygens (including phenoxy) is 1. The summed E-state index contributed by atoms with van der Waals surface area (Å²) >= 11 is 0. The molecule has 3 aromatic rings. The van der Waals surface area contributed by atoms with Crippen LogP contribution in [0.3, 0.4) is 0 Å². The number of hydrogen-bond donors (Lipinski definition) is 2. The van der Waals surface area contributed by atoms with E-state index in [1.54, 1.807) is 36.7 Å². The summed E-state index contributed by atoms with van der Waals surface area (Å²) in [6.07, 6.45) is 3.16. The summed E-state index contributed by atoms with van der Waals surface area (Å²) in [5.41, 5.74) is 2.11. The number of halogens is 1. The molecule has 1 aromatic carbocycles. The largest absolute Gasteiger partial charge is 0.508 e. The molecular formula is C18H18FN3O3. The second-order valence-corrected chi connectivity index (χ2v) is 5.59. The maximum absolute atomic E-state index is 13.4. The summed E-state index contributed by atoms with van der Waals surface area (Å²) in [5.74, 6) is -0.846. The van der Waals surface area contributed by atoms with Gasteiger partial charge < -0.3 is 15.2 Å². The molecule has 6 nitrogen and oxygen atoms in total. The fourth-order valence-electron chi connectivity index (χ4n) is 2.64. The quantitative estimate of drug-likeness (QED) is 0.693. The SMILES string of the molecule is CCOC(=O)c1cnn2ccc(N[C@H](C)c3cc(F)ccc3O)cc12. The number of benzene rings is 1. The van der Waals surface area contributed by atoms with E-state index >= 15 is 0 Å². The van der Waals surface area contributed by atoms with Gasteiger partial charge in [-0.25, -0.2) is 13.7 Å². The number of nitrogens with one attached hydrogen (secondary N) is 1. The van der Waals surface area contributed by atoms with Gasteiger partial charge >= 0.3 is 5.97 Å². The molecule has 0 amide bonds. The van der Waals surface area contributed by atoms with E-state index in [9.17, 15) is 14.3 Å². The third-order valence-electron chi connectivity index (χ3n) is 3.86. The predicted molar refractivity (Wildman–Crippen MR) is 91.3 cm³/mol. The minimum absolute atomic E-state index is 0.0130. The van der Waals surface area contributed by atoms with Crippen molar-refractivity contribution in [1.82, 2.24) is 9.61 Å². The van der Waals surface area contributed by atoms with Crippen molar-refractivity contribution >= 4 is 17.2 Å². The number of fused-ring (bicyclic) bond motifs is 1. The summed E-state index contributed by atoms with van der Waals surface area (Å²) in [6, 6.07) is 7.01. The van der Waals surface area contributed by atoms with Gasteiger partial charge in [0.15, 0.2) is 0 Å². The first-order chi connectivity index (χ1) is 12.0. The Hall–Kier alpha value is -3.09. The van der Waals surface area contributed by atoms with Crippen LogP contribution >= 0.6 is 0 Å². The Labute approximate surface area is 143 Å². The van der Waals surface area contributed by atoms with Crippen LogP contribution in [0.1, 0.15) is 35.8 Å². The molecule has 0 spiro atoms. The number of pyridine rings is 1. The summed E-state index contributed by atoms with van der Waals surface area (Å²) < 4.78 is 20.0. The molecule has 2 N–H and O–H groups in total. The summed E-state index contributed by atoms with van der Waals surface area (Å²) in [5, 5.41) is 17.2. The molecule has 0 unspecified atom stereocenters. The van der Waals surface area contributed by atoms with Crippen LogP contribution in [0.5, 0.6) is 5.75 Å². The lowest BCUT2D eigenvalue weighted by Crippen LogP contribution is -2.08. The zero-order valence-electron chi connectivity index (χ0n) is 13.9. The molecule has 0 aliphatic heterocycles. The lowest BCUT2D eigenvalue weighted by molar-refractivity contribution is 0.0528. The van der Waals surface area contributed by atoms with Gasteiger partial charge in [0.1, 0.15) is 17.1 Å². The summed E-state index contributed by atoms with van der Waals surface area (Å²) in [6.45, 7) is 3.83. The normalized spacial score (nSPS) is 12.1. The van der Waals surface area contributed by atoms with Crippen molar-refractivity contribution < 1.29 is 19.0 Å². The van der Waals surface area contributed by atoms with Gasteiger partial charge in [0.05, 0.1) is 24.4 Å². The van der Waals surface area contributed by atoms with Crippen molar-refractivity contribution in [3.63, 3.8) is 0 Å². The minimum Gasteiger partial charge on any atom is -0.508 e. The van der Waals surface area contributed by atoms with Crippen LogP contribution in [0.4, 0.5) is 10.1 Å². The van der Waals surface area contributed by atoms with E-state index in [4.69, 9.17) is 4.74 Å². The van der Waals surface area contributed by atoms with Gasteiger partial charge in [0.25, 0.3) is 0 Å². The lowest BCUT2D eigenvalue weighted by atomic mass is 10.1. The van der Waals surface area contributed by atoms with E-state index < -0.39 is 11.8 Å². The first kappa shape index (κ1) is 16.8. The topological polar surface area (TPSA) is 75.9 Å². The molecule has 0 bridgehead atoms. The van der Waals surface area contributed by atoms with Crippen molar-refractivity contribution in [2.24, 2.45) is 0 Å². The third-order valence-corrected chi connectivity index (χ3v) is 3.86. The average Bonchev–Trinajstić information content (AvgIpc) is 3.00. The van der Waals surface area contributed by atoms with Crippen molar-refractivity contribution in [2.45, 2.75) is 19.9 Å². The fourth-order valence-corrected chi connectivity index (χ4v) is 2.64. The van der Waals surface area contributed by atoms with Gasteiger partial charge in [-0.15, -0.1) is 0 Å². The molecule has 25 heavy (non-hydrogen) atoms. The number of phenols is 1. The van der Waals surface area contributed by atoms with E-state index in [1.165, 1.54) is 24.4 Å². The van der Waals surface area contributed by atoms with E-state index in [0.717, 1.165) is 0 Å². The molecule has 0 radical (unpaired) electrons. The average molecular weight is 343 g/mol. The molecule has 7 heteroatoms. The molecule has 0 aliphatic carbocycles. The second-order valence-electron chi connectivity index (χ2n) is 5.59. The van der Waals surface area contributed by atoms with Crippen LogP contribution in [-0.2, 0) is 4.74 Å². The maximum Gasteiger partial charge on any atom is 0.341 e. The molecule has 130 valence electrons. The molecule has 0 saturated carbocycles. The molecule has 0 aliphatic rings. The summed E-state index contributed by atoms with van der Waals surface area (Å²) in [4.78, 5) is 12.0. The summed E-state index contributed by atoms with van der Waals surface area (Å²) in [7, 11) is 0. The van der Waals surface area contributed by atoms with Crippen LogP contribution in [0.15, 0.2) is 42.7 Å². The number of carbonyl (C=O) groups is 1. The molecule has 2 heterocycles. The van der Waals surface area contributed by atoms with E-state index in [2.05, 4.69) is 10.4 Å². The highest BCUT2D eigenvalue weighted by Crippen LogP contribution is 2.28. The monoisotopic (exact) mass is 343 g/mol. The van der Waals surface area contributed by atoms with Gasteiger partial charge in [-0.05, 0) is 44.2 Å². The fraction of sp³-hybridized carbons (Fsp3) is 0.222. The van der Waals surface area contributed by atoms with Crippen molar-refractivity contribution in [3.05, 3.63) is 59.7 Å². The zero-order valence-corrected chi connectivity index (χ0v) is 13.9. The smallest absolute Gasteiger partial charge is 0.341 e. The van der Waals surface area contributed by atoms with Gasteiger partial charge in [-0.2, -0.15) is 5.10 Å². The van der Waals surface area contributed by atoms with Gasteiger partial charge in [-0.3, -0.25) is 0 Å². The Bertz CT molecular complexity index is 923. The number of phenolic OH excluding ortho intramolecular Hbond substituents is 1. The van der Waals surface area contributed by atoms with E-state index in [-0.39, 0.29) is 18.4 Å². The van der Waals surface area contributed by atoms with Crippen LogP contribution in [0.25, 0.3) is 5.52 Å². The van der Waals surface area contributed by atoms with Crippen LogP contribution < -0.4 is 5.32 Å². The second kappa shape index (κ2) is 6.80. The molecule has 0 fully saturated rings. The standard InChI is InChI=1S/C18H18FN3O3/c1-3-25-18(24)15-10-20-22-7-6-13(9-16(15)22)21-11(2)14-8-12(19)4-5-17(14)23/h4-11,21,23H,3H2,1-2H3/t11-/m1/s1. The first-order valence-corrected chi connectivity index (χ1v) is 7.89. The molecule has 2 aromatic heterocycles. The number of carbonyl (C=O) groups excluding carboxylic acids is 1. The number of aromatic hydroxyl groups is 1. The van der Waals surface area contributed by atoms with Crippen LogP contribution in [-0.4, -0.2) is 27.3 Å². The highest BCUT2D eigenvalue weighted by Gasteiger charge is 2.16. The van der Waals surface area contributed by atoms with Gasteiger partial charge in [-0.1, -0.05) is 0 Å². The van der Waals surface area contributed by atoms with Crippen LogP contribution in [0, 0.1) is 5.82 Å². The van der Waals surface area contributed by atoms with E-state index in [1.807, 2.05) is 0 Å². The highest BCUT2D eigenvalue weighted by atomic mass is 19.1. The Kier molecular flexibility index (Phi) is 4.56. The number of hydrogen-bond acceptors (Lipinski definition) is 5. The third kappa shape index (κ3) is 3.40. The molecule has 3 rings (SSSR count). The number of esters is 1. The Morgan fingerprint density at radius 1 is 1.40 bits per heavy atom. The first-order valence-electron chi connectivity index (χ1n) is 7.89. The van der Waals surface area contributed by atoms with Gasteiger partial charge in [0.2, 0.25) is 0 Å². The number of aromatic nitrogens is 2. The Morgan fingerprint density at radius 2 is 2.20 bits per heavy atom. The number of rotatable bonds is 5. The lowest BCUT2D eigenvalue weighted by Gasteiger charge is -2.17. The number of anilines is 1. The number of nitrogens with zero attached hydrogens (tertiary/aromatic N) is 2. The van der Waals surface area contributed by atoms with Gasteiger partial charge in [0, 0.05) is 17.4 Å². The molecule has 0 saturated heterocycles. The predicted octanol–water partition coefficient (Wildman–Crippen LogP) is 3.53. The minimum atomic E-state index is -0.439. The highest BCUT2D eigenvalue weighted by molar-refractivity contribution is 5.97. The zero-order chi connectivity index (χ0) is 18.0. The Morgan fingerprint density at radius 3 is 2.96 bits per heavy atom. The van der Waals surface area contributed by atoms with Crippen molar-refractivity contribution in [2.75, 3.05) is 11.9 Å². The molecule has 1 atom stereocenters. The van der Waals surface area contributed by atoms with E-state index in [0.29, 0.717) is 22.3 Å². The molecular weight excluding hydrogens is 325 g/mol. The maximum atomic E-state index is 13.4. The van der Waals surface area contributed by atoms with Crippen molar-refractivity contribution in [1.29, 1.82) is 0 Å². The van der Waals surface area contributed by atoms with Crippen LogP contribution in [0.2, 0.25) is 0 Å².